The van der Waals surface area contributed by atoms with E-state index in [-0.39, 0.29) is 0 Å². The van der Waals surface area contributed by atoms with Crippen LogP contribution in [0.3, 0.4) is 0 Å². The zero-order valence-corrected chi connectivity index (χ0v) is 12.7. The lowest BCUT2D eigenvalue weighted by molar-refractivity contribution is 0.152. The lowest BCUT2D eigenvalue weighted by Gasteiger charge is -2.34. The van der Waals surface area contributed by atoms with Crippen molar-refractivity contribution in [2.75, 3.05) is 13.6 Å². The molecule has 0 atom stereocenters. The van der Waals surface area contributed by atoms with Gasteiger partial charge in [-0.2, -0.15) is 0 Å². The van der Waals surface area contributed by atoms with E-state index in [2.05, 4.69) is 55.4 Å². The molecule has 0 saturated heterocycles. The summed E-state index contributed by atoms with van der Waals surface area (Å²) in [4.78, 5) is 2.50. The van der Waals surface area contributed by atoms with Gasteiger partial charge in [-0.3, -0.25) is 4.90 Å². The molecule has 1 aromatic rings. The first-order valence-electron chi connectivity index (χ1n) is 7.64. The summed E-state index contributed by atoms with van der Waals surface area (Å²) in [5.74, 6) is 0.718. The van der Waals surface area contributed by atoms with Crippen molar-refractivity contribution in [2.24, 2.45) is 5.92 Å². The Hall–Kier alpha value is -0.860. The van der Waals surface area contributed by atoms with Crippen molar-refractivity contribution < 1.29 is 0 Å². The third-order valence-electron chi connectivity index (χ3n) is 4.03. The smallest absolute Gasteiger partial charge is 0.0233 e. The van der Waals surface area contributed by atoms with Gasteiger partial charge in [0, 0.05) is 19.1 Å². The predicted molar refractivity (Wildman–Crippen MR) is 82.1 cm³/mol. The Kier molecular flexibility index (Phi) is 5.41. The second-order valence-corrected chi connectivity index (χ2v) is 6.34. The quantitative estimate of drug-likeness (QED) is 0.808. The summed E-state index contributed by atoms with van der Waals surface area (Å²) in [6.07, 6.45) is 4.18. The third-order valence-corrected chi connectivity index (χ3v) is 4.03. The SMILES string of the molecule is CC(C)CNCc1ccc(CN(C)C2CCC2)cc1. The van der Waals surface area contributed by atoms with Gasteiger partial charge in [0.05, 0.1) is 0 Å². The molecular formula is C17H28N2. The molecule has 1 saturated carbocycles. The van der Waals surface area contributed by atoms with E-state index in [1.165, 1.54) is 30.4 Å². The van der Waals surface area contributed by atoms with Crippen molar-refractivity contribution in [3.05, 3.63) is 35.4 Å². The molecular weight excluding hydrogens is 232 g/mol. The zero-order chi connectivity index (χ0) is 13.7. The van der Waals surface area contributed by atoms with Crippen LogP contribution >= 0.6 is 0 Å². The molecule has 0 bridgehead atoms. The van der Waals surface area contributed by atoms with Gasteiger partial charge in [-0.25, -0.2) is 0 Å². The van der Waals surface area contributed by atoms with Crippen LogP contribution in [0.15, 0.2) is 24.3 Å². The van der Waals surface area contributed by atoms with Crippen LogP contribution in [-0.4, -0.2) is 24.5 Å². The number of hydrogen-bond donors (Lipinski definition) is 1. The van der Waals surface area contributed by atoms with Crippen LogP contribution in [0.4, 0.5) is 0 Å². The average Bonchev–Trinajstić information content (AvgIpc) is 2.28. The van der Waals surface area contributed by atoms with Crippen LogP contribution in [0.5, 0.6) is 0 Å². The Bertz CT molecular complexity index is 365. The molecule has 0 amide bonds. The molecule has 1 N–H and O–H groups in total. The van der Waals surface area contributed by atoms with Crippen molar-refractivity contribution in [1.29, 1.82) is 0 Å². The van der Waals surface area contributed by atoms with Crippen molar-refractivity contribution in [1.82, 2.24) is 10.2 Å². The minimum atomic E-state index is 0.718. The van der Waals surface area contributed by atoms with Gasteiger partial charge in [-0.15, -0.1) is 0 Å². The molecule has 0 aromatic heterocycles. The molecule has 0 unspecified atom stereocenters. The van der Waals surface area contributed by atoms with E-state index in [9.17, 15) is 0 Å². The van der Waals surface area contributed by atoms with E-state index in [0.717, 1.165) is 31.6 Å². The monoisotopic (exact) mass is 260 g/mol. The predicted octanol–water partition coefficient (Wildman–Crippen LogP) is 3.42. The van der Waals surface area contributed by atoms with Gasteiger partial charge in [-0.1, -0.05) is 44.5 Å². The molecule has 1 aliphatic rings. The Morgan fingerprint density at radius 3 is 2.32 bits per heavy atom. The van der Waals surface area contributed by atoms with Gasteiger partial charge >= 0.3 is 0 Å². The number of nitrogens with zero attached hydrogens (tertiary/aromatic N) is 1. The Morgan fingerprint density at radius 2 is 1.79 bits per heavy atom. The Morgan fingerprint density at radius 1 is 1.16 bits per heavy atom. The Balaban J connectivity index is 1.77. The molecule has 0 heterocycles. The van der Waals surface area contributed by atoms with E-state index in [1.54, 1.807) is 0 Å². The highest BCUT2D eigenvalue weighted by Gasteiger charge is 2.21. The number of hydrogen-bond acceptors (Lipinski definition) is 2. The number of nitrogens with one attached hydrogen (secondary N) is 1. The Labute approximate surface area is 118 Å². The van der Waals surface area contributed by atoms with Gasteiger partial charge < -0.3 is 5.32 Å². The summed E-state index contributed by atoms with van der Waals surface area (Å²) in [7, 11) is 2.25. The molecule has 0 aliphatic heterocycles. The maximum Gasteiger partial charge on any atom is 0.0233 e. The lowest BCUT2D eigenvalue weighted by Crippen LogP contribution is -2.36. The average molecular weight is 260 g/mol. The van der Waals surface area contributed by atoms with Gasteiger partial charge in [0.15, 0.2) is 0 Å². The van der Waals surface area contributed by atoms with Crippen LogP contribution in [0.2, 0.25) is 0 Å². The molecule has 19 heavy (non-hydrogen) atoms. The van der Waals surface area contributed by atoms with Crippen LogP contribution in [-0.2, 0) is 13.1 Å². The molecule has 0 radical (unpaired) electrons. The first-order chi connectivity index (χ1) is 9.15. The first kappa shape index (κ1) is 14.5. The van der Waals surface area contributed by atoms with Gasteiger partial charge in [0.2, 0.25) is 0 Å². The van der Waals surface area contributed by atoms with E-state index in [1.807, 2.05) is 0 Å². The minimum absolute atomic E-state index is 0.718. The maximum atomic E-state index is 3.49. The summed E-state index contributed by atoms with van der Waals surface area (Å²) < 4.78 is 0. The van der Waals surface area contributed by atoms with E-state index >= 15 is 0 Å². The largest absolute Gasteiger partial charge is 0.312 e. The van der Waals surface area contributed by atoms with Crippen molar-refractivity contribution in [3.8, 4) is 0 Å². The molecule has 0 spiro atoms. The number of rotatable bonds is 7. The van der Waals surface area contributed by atoms with E-state index in [4.69, 9.17) is 0 Å². The lowest BCUT2D eigenvalue weighted by atomic mass is 9.91. The normalized spacial score (nSPS) is 16.1. The van der Waals surface area contributed by atoms with Crippen LogP contribution in [0.1, 0.15) is 44.2 Å². The topological polar surface area (TPSA) is 15.3 Å². The molecule has 1 aromatic carbocycles. The zero-order valence-electron chi connectivity index (χ0n) is 12.7. The van der Waals surface area contributed by atoms with Crippen LogP contribution < -0.4 is 5.32 Å². The maximum absolute atomic E-state index is 3.49. The third kappa shape index (κ3) is 4.63. The summed E-state index contributed by atoms with van der Waals surface area (Å²) in [6, 6.07) is 9.91. The highest BCUT2D eigenvalue weighted by Crippen LogP contribution is 2.24. The first-order valence-corrected chi connectivity index (χ1v) is 7.64. The summed E-state index contributed by atoms with van der Waals surface area (Å²) in [5, 5.41) is 3.49. The second kappa shape index (κ2) is 7.06. The highest BCUT2D eigenvalue weighted by molar-refractivity contribution is 5.22. The molecule has 2 rings (SSSR count). The summed E-state index contributed by atoms with van der Waals surface area (Å²) >= 11 is 0. The molecule has 2 heteroatoms. The fourth-order valence-electron chi connectivity index (χ4n) is 2.51. The molecule has 2 nitrogen and oxygen atoms in total. The number of benzene rings is 1. The van der Waals surface area contributed by atoms with E-state index < -0.39 is 0 Å². The summed E-state index contributed by atoms with van der Waals surface area (Å²) in [6.45, 7) is 7.65. The van der Waals surface area contributed by atoms with Crippen molar-refractivity contribution in [2.45, 2.75) is 52.2 Å². The van der Waals surface area contributed by atoms with E-state index in [0.29, 0.717) is 0 Å². The highest BCUT2D eigenvalue weighted by atomic mass is 15.1. The van der Waals surface area contributed by atoms with Crippen LogP contribution in [0, 0.1) is 5.92 Å². The van der Waals surface area contributed by atoms with Crippen molar-refractivity contribution >= 4 is 0 Å². The summed E-state index contributed by atoms with van der Waals surface area (Å²) in [5.41, 5.74) is 2.82. The minimum Gasteiger partial charge on any atom is -0.312 e. The standard InChI is InChI=1S/C17H28N2/c1-14(2)11-18-12-15-7-9-16(10-8-15)13-19(3)17-5-4-6-17/h7-10,14,17-18H,4-6,11-13H2,1-3H3. The second-order valence-electron chi connectivity index (χ2n) is 6.34. The fourth-order valence-corrected chi connectivity index (χ4v) is 2.51. The van der Waals surface area contributed by atoms with Gasteiger partial charge in [-0.05, 0) is 43.5 Å². The molecule has 106 valence electrons. The van der Waals surface area contributed by atoms with Crippen molar-refractivity contribution in [3.63, 3.8) is 0 Å². The van der Waals surface area contributed by atoms with Gasteiger partial charge in [0.25, 0.3) is 0 Å². The molecule has 1 aliphatic carbocycles. The van der Waals surface area contributed by atoms with Gasteiger partial charge in [0.1, 0.15) is 0 Å². The molecule has 1 fully saturated rings. The fraction of sp³-hybridized carbons (Fsp3) is 0.647. The van der Waals surface area contributed by atoms with Crippen LogP contribution in [0.25, 0.3) is 0 Å².